The topological polar surface area (TPSA) is 102 Å². The number of non-ortho nitro benzene ring substituents is 1. The van der Waals surface area contributed by atoms with Crippen LogP contribution in [-0.4, -0.2) is 29.3 Å². The molecule has 0 unspecified atom stereocenters. The predicted octanol–water partition coefficient (Wildman–Crippen LogP) is 2.84. The highest BCUT2D eigenvalue weighted by atomic mass is 16.6. The lowest BCUT2D eigenvalue weighted by Crippen LogP contribution is -2.00. The van der Waals surface area contributed by atoms with Crippen molar-refractivity contribution in [3.8, 4) is 5.75 Å². The number of ether oxygens (including phenoxy) is 1. The molecule has 2 aromatic rings. The molecular weight excluding hydrogens is 288 g/mol. The smallest absolute Gasteiger partial charge is 0.337 e. The van der Waals surface area contributed by atoms with Crippen molar-refractivity contribution in [2.75, 3.05) is 7.11 Å². The number of nitrogens with zero attached hydrogens (tertiary/aromatic N) is 2. The van der Waals surface area contributed by atoms with Crippen LogP contribution in [0.3, 0.4) is 0 Å². The highest BCUT2D eigenvalue weighted by Gasteiger charge is 2.09. The molecule has 22 heavy (non-hydrogen) atoms. The van der Waals surface area contributed by atoms with Crippen molar-refractivity contribution in [2.45, 2.75) is 0 Å². The van der Waals surface area contributed by atoms with Gasteiger partial charge in [-0.2, -0.15) is 0 Å². The second-order valence-corrected chi connectivity index (χ2v) is 4.30. The van der Waals surface area contributed by atoms with Gasteiger partial charge in [-0.25, -0.2) is 4.79 Å². The molecule has 0 atom stereocenters. The summed E-state index contributed by atoms with van der Waals surface area (Å²) < 4.78 is 4.61. The monoisotopic (exact) mass is 300 g/mol. The normalized spacial score (nSPS) is 10.6. The van der Waals surface area contributed by atoms with Gasteiger partial charge in [0.25, 0.3) is 5.69 Å². The number of esters is 1. The first-order valence-corrected chi connectivity index (χ1v) is 6.21. The van der Waals surface area contributed by atoms with Crippen LogP contribution in [0.5, 0.6) is 5.75 Å². The van der Waals surface area contributed by atoms with E-state index in [1.165, 1.54) is 37.6 Å². The maximum atomic E-state index is 11.4. The van der Waals surface area contributed by atoms with Crippen molar-refractivity contribution in [1.29, 1.82) is 0 Å². The zero-order valence-corrected chi connectivity index (χ0v) is 11.6. The lowest BCUT2D eigenvalue weighted by molar-refractivity contribution is -0.384. The van der Waals surface area contributed by atoms with E-state index in [1.807, 2.05) is 0 Å². The first-order valence-electron chi connectivity index (χ1n) is 6.21. The zero-order valence-electron chi connectivity index (χ0n) is 11.6. The maximum Gasteiger partial charge on any atom is 0.337 e. The number of carbonyl (C=O) groups is 1. The Balaban J connectivity index is 2.31. The van der Waals surface area contributed by atoms with E-state index in [-0.39, 0.29) is 17.0 Å². The molecule has 0 radical (unpaired) electrons. The van der Waals surface area contributed by atoms with E-state index in [0.29, 0.717) is 11.3 Å². The van der Waals surface area contributed by atoms with Crippen molar-refractivity contribution in [3.05, 3.63) is 63.7 Å². The van der Waals surface area contributed by atoms with Crippen molar-refractivity contribution in [1.82, 2.24) is 0 Å². The second-order valence-electron chi connectivity index (χ2n) is 4.30. The van der Waals surface area contributed by atoms with Crippen LogP contribution in [0.25, 0.3) is 0 Å². The number of methoxy groups -OCH3 is 1. The summed E-state index contributed by atoms with van der Waals surface area (Å²) in [6, 6.07) is 10.0. The minimum absolute atomic E-state index is 0.126. The summed E-state index contributed by atoms with van der Waals surface area (Å²) in [5.41, 5.74) is 0.842. The third-order valence-corrected chi connectivity index (χ3v) is 2.84. The second kappa shape index (κ2) is 6.49. The molecule has 0 saturated carbocycles. The summed E-state index contributed by atoms with van der Waals surface area (Å²) in [5.74, 6) is -0.617. The Morgan fingerprint density at radius 1 is 1.32 bits per heavy atom. The van der Waals surface area contributed by atoms with Crippen LogP contribution in [0.15, 0.2) is 47.5 Å². The van der Waals surface area contributed by atoms with E-state index in [4.69, 9.17) is 0 Å². The van der Waals surface area contributed by atoms with Gasteiger partial charge in [0.15, 0.2) is 0 Å². The number of hydrogen-bond donors (Lipinski definition) is 1. The van der Waals surface area contributed by atoms with Gasteiger partial charge in [0.05, 0.1) is 23.3 Å². The summed E-state index contributed by atoms with van der Waals surface area (Å²) in [6.07, 6.45) is 1.29. The predicted molar refractivity (Wildman–Crippen MR) is 79.8 cm³/mol. The van der Waals surface area contributed by atoms with E-state index < -0.39 is 10.9 Å². The third-order valence-electron chi connectivity index (χ3n) is 2.84. The standard InChI is InChI=1S/C15H12N2O5/c1-22-15(19)10-3-2-4-12(7-10)16-9-11-8-13(17(20)21)5-6-14(11)18/h2-9,18H,1H3/b16-9+. The quantitative estimate of drug-likeness (QED) is 0.405. The fourth-order valence-corrected chi connectivity index (χ4v) is 1.73. The van der Waals surface area contributed by atoms with Crippen LogP contribution < -0.4 is 0 Å². The lowest BCUT2D eigenvalue weighted by Gasteiger charge is -2.01. The van der Waals surface area contributed by atoms with Crippen molar-refractivity contribution < 1.29 is 19.6 Å². The minimum Gasteiger partial charge on any atom is -0.507 e. The van der Waals surface area contributed by atoms with Gasteiger partial charge < -0.3 is 9.84 Å². The van der Waals surface area contributed by atoms with Crippen LogP contribution in [0.2, 0.25) is 0 Å². The summed E-state index contributed by atoms with van der Waals surface area (Å²) in [7, 11) is 1.28. The molecule has 0 spiro atoms. The molecule has 7 heteroatoms. The highest BCUT2D eigenvalue weighted by molar-refractivity contribution is 5.91. The van der Waals surface area contributed by atoms with Crippen LogP contribution in [0.4, 0.5) is 11.4 Å². The number of hydrogen-bond acceptors (Lipinski definition) is 6. The highest BCUT2D eigenvalue weighted by Crippen LogP contribution is 2.22. The molecule has 0 aliphatic rings. The number of benzene rings is 2. The summed E-state index contributed by atoms with van der Waals surface area (Å²) in [6.45, 7) is 0. The number of phenols is 1. The molecule has 0 bridgehead atoms. The molecule has 2 aromatic carbocycles. The van der Waals surface area contributed by atoms with Crippen molar-refractivity contribution in [3.63, 3.8) is 0 Å². The van der Waals surface area contributed by atoms with Gasteiger partial charge in [-0.15, -0.1) is 0 Å². The third kappa shape index (κ3) is 3.45. The molecule has 0 aliphatic heterocycles. The Morgan fingerprint density at radius 2 is 2.09 bits per heavy atom. The van der Waals surface area contributed by atoms with Gasteiger partial charge in [0, 0.05) is 23.9 Å². The van der Waals surface area contributed by atoms with Gasteiger partial charge >= 0.3 is 5.97 Å². The van der Waals surface area contributed by atoms with Gasteiger partial charge in [-0.3, -0.25) is 15.1 Å². The molecule has 0 fully saturated rings. The number of aliphatic imine (C=N–C) groups is 1. The van der Waals surface area contributed by atoms with Gasteiger partial charge in [0.1, 0.15) is 5.75 Å². The van der Waals surface area contributed by atoms with Crippen molar-refractivity contribution in [2.24, 2.45) is 4.99 Å². The van der Waals surface area contributed by atoms with Crippen LogP contribution in [0.1, 0.15) is 15.9 Å². The summed E-state index contributed by atoms with van der Waals surface area (Å²) >= 11 is 0. The number of rotatable bonds is 4. The van der Waals surface area contributed by atoms with Gasteiger partial charge in [-0.1, -0.05) is 6.07 Å². The van der Waals surface area contributed by atoms with Gasteiger partial charge in [-0.05, 0) is 24.3 Å². The minimum atomic E-state index is -0.561. The Morgan fingerprint density at radius 3 is 2.77 bits per heavy atom. The van der Waals surface area contributed by atoms with E-state index in [9.17, 15) is 20.0 Å². The van der Waals surface area contributed by atoms with E-state index in [1.54, 1.807) is 18.2 Å². The zero-order chi connectivity index (χ0) is 16.1. The van der Waals surface area contributed by atoms with E-state index >= 15 is 0 Å². The molecule has 7 nitrogen and oxygen atoms in total. The molecular formula is C15H12N2O5. The summed E-state index contributed by atoms with van der Waals surface area (Å²) in [5, 5.41) is 20.4. The maximum absolute atomic E-state index is 11.4. The molecule has 0 aliphatic carbocycles. The first kappa shape index (κ1) is 15.2. The molecule has 0 heterocycles. The molecule has 112 valence electrons. The number of carbonyl (C=O) groups excluding carboxylic acids is 1. The molecule has 1 N–H and O–H groups in total. The SMILES string of the molecule is COC(=O)c1cccc(/N=C/c2cc([N+](=O)[O-])ccc2O)c1. The average molecular weight is 300 g/mol. The van der Waals surface area contributed by atoms with Crippen molar-refractivity contribution >= 4 is 23.6 Å². The average Bonchev–Trinajstić information content (AvgIpc) is 2.53. The number of nitro groups is 1. The lowest BCUT2D eigenvalue weighted by atomic mass is 10.2. The molecule has 2 rings (SSSR count). The number of aromatic hydroxyl groups is 1. The Hall–Kier alpha value is -3.22. The van der Waals surface area contributed by atoms with Crippen LogP contribution in [-0.2, 0) is 4.74 Å². The summed E-state index contributed by atoms with van der Waals surface area (Å²) in [4.78, 5) is 25.7. The molecule has 0 aromatic heterocycles. The van der Waals surface area contributed by atoms with Crippen LogP contribution in [0, 0.1) is 10.1 Å². The Labute approximate surface area is 125 Å². The fourth-order valence-electron chi connectivity index (χ4n) is 1.73. The largest absolute Gasteiger partial charge is 0.507 e. The first-order chi connectivity index (χ1) is 10.5. The van der Waals surface area contributed by atoms with E-state index in [2.05, 4.69) is 9.73 Å². The fraction of sp³-hybridized carbons (Fsp3) is 0.0667. The number of phenolic OH excluding ortho intramolecular Hbond substituents is 1. The van der Waals surface area contributed by atoms with Gasteiger partial charge in [0.2, 0.25) is 0 Å². The molecule has 0 amide bonds. The van der Waals surface area contributed by atoms with E-state index in [0.717, 1.165) is 0 Å². The Kier molecular flexibility index (Phi) is 4.47. The molecule has 0 saturated heterocycles. The Bertz CT molecular complexity index is 755. The number of nitro benzene ring substituents is 1. The van der Waals surface area contributed by atoms with Crippen LogP contribution >= 0.6 is 0 Å².